The van der Waals surface area contributed by atoms with Gasteiger partial charge in [0.25, 0.3) is 0 Å². The van der Waals surface area contributed by atoms with Crippen molar-refractivity contribution in [1.29, 1.82) is 0 Å². The van der Waals surface area contributed by atoms with Crippen LogP contribution in [0.2, 0.25) is 0 Å². The molecule has 9 aromatic carbocycles. The number of hydrogen-bond donors (Lipinski definition) is 0. The molecule has 304 valence electrons. The maximum Gasteiger partial charge on any atom is 0.0714 e. The fourth-order valence-electron chi connectivity index (χ4n) is 11.1. The smallest absolute Gasteiger partial charge is 0.0714 e. The van der Waals surface area contributed by atoms with E-state index in [1.807, 2.05) is 0 Å². The highest BCUT2D eigenvalue weighted by atomic mass is 15.1. The second-order valence-corrected chi connectivity index (χ2v) is 17.2. The zero-order chi connectivity index (χ0) is 42.5. The van der Waals surface area contributed by atoms with Gasteiger partial charge in [0.05, 0.1) is 10.8 Å². The van der Waals surface area contributed by atoms with Gasteiger partial charge in [-0.25, -0.2) is 0 Å². The van der Waals surface area contributed by atoms with Gasteiger partial charge in [-0.15, -0.1) is 0 Å². The minimum absolute atomic E-state index is 0.512. The number of fused-ring (bicyclic) bond motifs is 6. The average molecular weight is 810 g/mol. The molecule has 1 unspecified atom stereocenters. The van der Waals surface area contributed by atoms with Crippen LogP contribution in [0.4, 0.5) is 17.1 Å². The van der Waals surface area contributed by atoms with Crippen molar-refractivity contribution in [2.45, 2.75) is 50.9 Å². The quantitative estimate of drug-likeness (QED) is 0.133. The van der Waals surface area contributed by atoms with E-state index >= 15 is 0 Å². The molecule has 2 aliphatic rings. The lowest BCUT2D eigenvalue weighted by atomic mass is 9.67. The lowest BCUT2D eigenvalue weighted by Gasteiger charge is -2.36. The minimum Gasteiger partial charge on any atom is -0.310 e. The van der Waals surface area contributed by atoms with Gasteiger partial charge >= 0.3 is 0 Å². The van der Waals surface area contributed by atoms with Crippen LogP contribution in [-0.4, -0.2) is 0 Å². The molecule has 0 saturated carbocycles. The highest BCUT2D eigenvalue weighted by Gasteiger charge is 2.48. The number of rotatable bonds is 10. The Morgan fingerprint density at radius 1 is 0.286 bits per heavy atom. The van der Waals surface area contributed by atoms with Crippen LogP contribution in [-0.2, 0) is 30.1 Å². The third-order valence-electron chi connectivity index (χ3n) is 14.2. The summed E-state index contributed by atoms with van der Waals surface area (Å²) in [5.74, 6) is 0. The number of benzene rings is 9. The Kier molecular flexibility index (Phi) is 9.58. The minimum atomic E-state index is -0.518. The Bertz CT molecular complexity index is 3040. The molecule has 0 radical (unpaired) electrons. The summed E-state index contributed by atoms with van der Waals surface area (Å²) in [6, 6.07) is 82.9. The van der Waals surface area contributed by atoms with Crippen molar-refractivity contribution in [1.82, 2.24) is 0 Å². The maximum absolute atomic E-state index is 2.50. The van der Waals surface area contributed by atoms with Crippen LogP contribution in [0, 0.1) is 0 Å². The zero-order valence-corrected chi connectivity index (χ0v) is 36.4. The molecular weight excluding hydrogens is 759 g/mol. The van der Waals surface area contributed by atoms with Crippen LogP contribution in [0.5, 0.6) is 0 Å². The average Bonchev–Trinajstić information content (AvgIpc) is 3.82. The Hall–Kier alpha value is -7.22. The van der Waals surface area contributed by atoms with Crippen molar-refractivity contribution in [3.63, 3.8) is 0 Å². The van der Waals surface area contributed by atoms with Crippen LogP contribution in [0.3, 0.4) is 0 Å². The van der Waals surface area contributed by atoms with Crippen molar-refractivity contribution < 1.29 is 0 Å². The molecule has 9 aromatic rings. The summed E-state index contributed by atoms with van der Waals surface area (Å²) in [4.78, 5) is 2.48. The number of anilines is 3. The van der Waals surface area contributed by atoms with Crippen molar-refractivity contribution in [3.8, 4) is 22.3 Å². The fourth-order valence-corrected chi connectivity index (χ4v) is 11.1. The predicted octanol–water partition coefficient (Wildman–Crippen LogP) is 15.6. The summed E-state index contributed by atoms with van der Waals surface area (Å²) in [5.41, 5.74) is 21.9. The number of hydrogen-bond acceptors (Lipinski definition) is 1. The van der Waals surface area contributed by atoms with Crippen molar-refractivity contribution >= 4 is 17.1 Å². The predicted molar refractivity (Wildman–Crippen MR) is 264 cm³/mol. The Morgan fingerprint density at radius 2 is 0.619 bits per heavy atom. The first-order chi connectivity index (χ1) is 31.1. The van der Waals surface area contributed by atoms with E-state index in [2.05, 4.69) is 244 Å². The molecule has 0 saturated heterocycles. The van der Waals surface area contributed by atoms with Gasteiger partial charge < -0.3 is 4.90 Å². The third-order valence-corrected chi connectivity index (χ3v) is 14.2. The van der Waals surface area contributed by atoms with Gasteiger partial charge in [-0.2, -0.15) is 0 Å². The van der Waals surface area contributed by atoms with Gasteiger partial charge in [0.2, 0.25) is 0 Å². The molecule has 63 heavy (non-hydrogen) atoms. The van der Waals surface area contributed by atoms with E-state index < -0.39 is 10.8 Å². The molecule has 11 rings (SSSR count). The fraction of sp³-hybridized carbons (Fsp3) is 0.129. The molecule has 0 heterocycles. The molecule has 0 bridgehead atoms. The van der Waals surface area contributed by atoms with Gasteiger partial charge in [-0.05, 0) is 139 Å². The Morgan fingerprint density at radius 3 is 1.02 bits per heavy atom. The second-order valence-electron chi connectivity index (χ2n) is 17.2. The van der Waals surface area contributed by atoms with Crippen molar-refractivity contribution in [2.24, 2.45) is 0 Å². The van der Waals surface area contributed by atoms with Gasteiger partial charge in [0.15, 0.2) is 0 Å². The van der Waals surface area contributed by atoms with Crippen molar-refractivity contribution in [2.75, 3.05) is 4.90 Å². The molecule has 0 aliphatic heterocycles. The van der Waals surface area contributed by atoms with E-state index in [9.17, 15) is 0 Å². The number of aryl methyl sites for hydroxylation is 3. The standard InChI is InChI=1S/C62H51N/c1-4-43-25-31-47(32-26-43)61(46-17-9-7-10-18-46)57-23-15-13-21-53(57)55-39-37-51(41-59(55)61)63(50-19-11-8-12-20-50)52-38-40-56-54-22-14-16-24-58(54)62(60(56)42-52,48-33-27-44(5-2)28-34-48)49-35-29-45(6-3)30-36-49/h7-42H,4-6H2,1-3H3. The van der Waals surface area contributed by atoms with E-state index in [0.29, 0.717) is 0 Å². The van der Waals surface area contributed by atoms with E-state index in [4.69, 9.17) is 0 Å². The molecule has 0 fully saturated rings. The van der Waals surface area contributed by atoms with Crippen LogP contribution in [0.15, 0.2) is 218 Å². The van der Waals surface area contributed by atoms with Gasteiger partial charge in [-0.3, -0.25) is 0 Å². The van der Waals surface area contributed by atoms with Crippen LogP contribution < -0.4 is 4.90 Å². The van der Waals surface area contributed by atoms with Crippen LogP contribution in [0.1, 0.15) is 82.0 Å². The largest absolute Gasteiger partial charge is 0.310 e. The van der Waals surface area contributed by atoms with E-state index in [1.165, 1.54) is 83.5 Å². The zero-order valence-electron chi connectivity index (χ0n) is 36.4. The van der Waals surface area contributed by atoms with Crippen LogP contribution in [0.25, 0.3) is 22.3 Å². The molecule has 0 N–H and O–H groups in total. The SMILES string of the molecule is CCc1ccc(C2(c3ccccc3)c3ccccc3-c3ccc(N(c4ccccc4)c4ccc5c(c4)C(c4ccc(CC)cc4)(c4ccc(CC)cc4)c4ccccc4-5)cc32)cc1. The highest BCUT2D eigenvalue weighted by Crippen LogP contribution is 2.59. The summed E-state index contributed by atoms with van der Waals surface area (Å²) in [6.45, 7) is 6.71. The summed E-state index contributed by atoms with van der Waals surface area (Å²) >= 11 is 0. The first-order valence-electron chi connectivity index (χ1n) is 22.8. The first-order valence-corrected chi connectivity index (χ1v) is 22.8. The molecule has 0 amide bonds. The number of para-hydroxylation sites is 1. The molecule has 1 nitrogen and oxygen atoms in total. The van der Waals surface area contributed by atoms with E-state index in [-0.39, 0.29) is 0 Å². The van der Waals surface area contributed by atoms with Crippen LogP contribution >= 0.6 is 0 Å². The monoisotopic (exact) mass is 809 g/mol. The van der Waals surface area contributed by atoms with E-state index in [1.54, 1.807) is 0 Å². The third kappa shape index (κ3) is 5.90. The lowest BCUT2D eigenvalue weighted by Crippen LogP contribution is -2.29. The lowest BCUT2D eigenvalue weighted by molar-refractivity contribution is 0.766. The van der Waals surface area contributed by atoms with Gasteiger partial charge in [0, 0.05) is 17.1 Å². The number of nitrogens with zero attached hydrogens (tertiary/aromatic N) is 1. The molecule has 1 heteroatoms. The summed E-state index contributed by atoms with van der Waals surface area (Å²) in [5, 5.41) is 0. The summed E-state index contributed by atoms with van der Waals surface area (Å²) < 4.78 is 0. The molecule has 1 atom stereocenters. The normalized spacial score (nSPS) is 15.3. The highest BCUT2D eigenvalue weighted by molar-refractivity contribution is 5.92. The van der Waals surface area contributed by atoms with Gasteiger partial charge in [0.1, 0.15) is 0 Å². The summed E-state index contributed by atoms with van der Waals surface area (Å²) in [6.07, 6.45) is 3.01. The Labute approximate surface area is 373 Å². The Balaban J connectivity index is 1.17. The second kappa shape index (κ2) is 15.6. The first kappa shape index (κ1) is 38.7. The molecule has 2 aliphatic carbocycles. The van der Waals surface area contributed by atoms with Gasteiger partial charge in [-0.1, -0.05) is 203 Å². The topological polar surface area (TPSA) is 3.24 Å². The van der Waals surface area contributed by atoms with E-state index in [0.717, 1.165) is 36.3 Å². The summed E-state index contributed by atoms with van der Waals surface area (Å²) in [7, 11) is 0. The molecular formula is C62H51N. The van der Waals surface area contributed by atoms with Crippen molar-refractivity contribution in [3.05, 3.63) is 280 Å². The molecule has 0 aromatic heterocycles. The molecule has 0 spiro atoms. The maximum atomic E-state index is 2.50.